The summed E-state index contributed by atoms with van der Waals surface area (Å²) in [4.78, 5) is 0. The molecular weight excluding hydrogens is 336 g/mol. The normalized spacial score (nSPS) is 11.2. The number of hydrogen-bond acceptors (Lipinski definition) is 0. The molecule has 0 atom stereocenters. The molecule has 0 aromatic heterocycles. The van der Waals surface area contributed by atoms with Crippen LogP contribution < -0.4 is 0 Å². The van der Waals surface area contributed by atoms with E-state index in [0.29, 0.717) is 0 Å². The van der Waals surface area contributed by atoms with Crippen molar-refractivity contribution in [2.75, 3.05) is 0 Å². The Hall–Kier alpha value is -0.780. The third kappa shape index (κ3) is 14.3. The van der Waals surface area contributed by atoms with Crippen molar-refractivity contribution in [1.82, 2.24) is 0 Å². The van der Waals surface area contributed by atoms with Crippen LogP contribution in [0.25, 0.3) is 0 Å². The van der Waals surface area contributed by atoms with Crippen LogP contribution in [0.1, 0.15) is 141 Å². The first-order valence-corrected chi connectivity index (χ1v) is 12.9. The molecule has 0 aliphatic rings. The maximum Gasteiger partial charge on any atom is -0.0146 e. The second-order valence-corrected chi connectivity index (χ2v) is 8.83. The van der Waals surface area contributed by atoms with E-state index in [1.165, 1.54) is 134 Å². The quantitative estimate of drug-likeness (QED) is 0.196. The Kier molecular flexibility index (Phi) is 17.6. The number of hydrogen-bond donors (Lipinski definition) is 0. The molecule has 0 N–H and O–H groups in total. The standard InChI is InChI=1S/C28H49/c1-3-5-7-9-11-13-15-17-19-23-27-25-21-22-26-28(27)24-20-18-16-14-12-10-8-6-4-2/h21-22,25H,3-20,23-24H2,1-2H3. The topological polar surface area (TPSA) is 0 Å². The van der Waals surface area contributed by atoms with Gasteiger partial charge in [0.1, 0.15) is 0 Å². The van der Waals surface area contributed by atoms with E-state index in [1.807, 2.05) is 0 Å². The fourth-order valence-electron chi connectivity index (χ4n) is 4.21. The van der Waals surface area contributed by atoms with Crippen molar-refractivity contribution < 1.29 is 0 Å². The Labute approximate surface area is 177 Å². The molecule has 0 aliphatic carbocycles. The van der Waals surface area contributed by atoms with E-state index in [-0.39, 0.29) is 0 Å². The van der Waals surface area contributed by atoms with Gasteiger partial charge in [-0.2, -0.15) is 0 Å². The molecule has 0 fully saturated rings. The summed E-state index contributed by atoms with van der Waals surface area (Å²) in [7, 11) is 0. The number of rotatable bonds is 20. The molecule has 0 spiro atoms. The minimum atomic E-state index is 1.24. The van der Waals surface area contributed by atoms with Gasteiger partial charge in [-0.05, 0) is 42.9 Å². The highest BCUT2D eigenvalue weighted by Crippen LogP contribution is 2.17. The minimum Gasteiger partial charge on any atom is -0.0654 e. The van der Waals surface area contributed by atoms with Crippen molar-refractivity contribution in [1.29, 1.82) is 0 Å². The molecule has 0 heteroatoms. The summed E-state index contributed by atoms with van der Waals surface area (Å²) in [5, 5.41) is 0. The van der Waals surface area contributed by atoms with E-state index in [2.05, 4.69) is 38.1 Å². The van der Waals surface area contributed by atoms with E-state index >= 15 is 0 Å². The molecular formula is C28H49. The molecule has 0 amide bonds. The predicted octanol–water partition coefficient (Wildman–Crippen LogP) is 9.63. The van der Waals surface area contributed by atoms with Crippen LogP contribution in [0.15, 0.2) is 18.2 Å². The fourth-order valence-corrected chi connectivity index (χ4v) is 4.21. The van der Waals surface area contributed by atoms with E-state index in [9.17, 15) is 0 Å². The van der Waals surface area contributed by atoms with Crippen molar-refractivity contribution in [3.05, 3.63) is 35.4 Å². The number of benzene rings is 1. The first-order valence-electron chi connectivity index (χ1n) is 12.9. The van der Waals surface area contributed by atoms with Gasteiger partial charge in [0.15, 0.2) is 0 Å². The van der Waals surface area contributed by atoms with Crippen LogP contribution in [0.4, 0.5) is 0 Å². The SMILES string of the molecule is CCCCCCCCCCCc1[c]cccc1CCCCCCCCCCC. The molecule has 1 radical (unpaired) electrons. The first-order chi connectivity index (χ1) is 13.9. The zero-order valence-corrected chi connectivity index (χ0v) is 19.4. The Morgan fingerprint density at radius 2 is 0.964 bits per heavy atom. The summed E-state index contributed by atoms with van der Waals surface area (Å²) in [6, 6.07) is 10.2. The molecule has 1 aromatic carbocycles. The third-order valence-corrected chi connectivity index (χ3v) is 6.12. The second kappa shape index (κ2) is 19.5. The smallest absolute Gasteiger partial charge is 0.0146 e. The number of aryl methyl sites for hydroxylation is 2. The molecule has 0 aliphatic heterocycles. The van der Waals surface area contributed by atoms with Crippen molar-refractivity contribution in [2.24, 2.45) is 0 Å². The van der Waals surface area contributed by atoms with Crippen molar-refractivity contribution in [3.63, 3.8) is 0 Å². The van der Waals surface area contributed by atoms with Gasteiger partial charge in [0.05, 0.1) is 0 Å². The lowest BCUT2D eigenvalue weighted by Gasteiger charge is -2.09. The van der Waals surface area contributed by atoms with Gasteiger partial charge in [-0.3, -0.25) is 0 Å². The summed E-state index contributed by atoms with van der Waals surface area (Å²) in [5.74, 6) is 0. The molecule has 0 unspecified atom stereocenters. The van der Waals surface area contributed by atoms with Crippen molar-refractivity contribution in [3.8, 4) is 0 Å². The highest BCUT2D eigenvalue weighted by Gasteiger charge is 2.03. The van der Waals surface area contributed by atoms with Gasteiger partial charge in [-0.15, -0.1) is 0 Å². The Bertz CT molecular complexity index is 392. The molecule has 161 valence electrons. The van der Waals surface area contributed by atoms with Gasteiger partial charge < -0.3 is 0 Å². The van der Waals surface area contributed by atoms with Crippen molar-refractivity contribution in [2.45, 2.75) is 142 Å². The Balaban J connectivity index is 2.06. The van der Waals surface area contributed by atoms with E-state index in [1.54, 1.807) is 5.56 Å². The maximum absolute atomic E-state index is 3.54. The van der Waals surface area contributed by atoms with Crippen LogP contribution in [0.2, 0.25) is 0 Å². The van der Waals surface area contributed by atoms with Crippen LogP contribution in [0.3, 0.4) is 0 Å². The highest BCUT2D eigenvalue weighted by molar-refractivity contribution is 5.26. The van der Waals surface area contributed by atoms with Gasteiger partial charge in [-0.1, -0.05) is 135 Å². The second-order valence-electron chi connectivity index (χ2n) is 8.83. The monoisotopic (exact) mass is 385 g/mol. The van der Waals surface area contributed by atoms with Gasteiger partial charge in [0.25, 0.3) is 0 Å². The fraction of sp³-hybridized carbons (Fsp3) is 0.786. The zero-order valence-electron chi connectivity index (χ0n) is 19.4. The van der Waals surface area contributed by atoms with Crippen LogP contribution in [-0.4, -0.2) is 0 Å². The molecule has 0 saturated heterocycles. The zero-order chi connectivity index (χ0) is 20.1. The molecule has 0 nitrogen and oxygen atoms in total. The van der Waals surface area contributed by atoms with Gasteiger partial charge >= 0.3 is 0 Å². The lowest BCUT2D eigenvalue weighted by Crippen LogP contribution is -1.96. The number of unbranched alkanes of at least 4 members (excludes halogenated alkanes) is 16. The van der Waals surface area contributed by atoms with Gasteiger partial charge in [-0.25, -0.2) is 0 Å². The average molecular weight is 386 g/mol. The van der Waals surface area contributed by atoms with Gasteiger partial charge in [0, 0.05) is 0 Å². The molecule has 28 heavy (non-hydrogen) atoms. The highest BCUT2D eigenvalue weighted by atomic mass is 14.1. The Morgan fingerprint density at radius 3 is 1.46 bits per heavy atom. The Morgan fingerprint density at radius 1 is 0.536 bits per heavy atom. The predicted molar refractivity (Wildman–Crippen MR) is 127 cm³/mol. The summed E-state index contributed by atoms with van der Waals surface area (Å²) in [6.45, 7) is 4.59. The van der Waals surface area contributed by atoms with E-state index < -0.39 is 0 Å². The summed E-state index contributed by atoms with van der Waals surface area (Å²) in [6.07, 6.45) is 28.0. The molecule has 0 bridgehead atoms. The summed E-state index contributed by atoms with van der Waals surface area (Å²) in [5.41, 5.74) is 3.08. The third-order valence-electron chi connectivity index (χ3n) is 6.12. The van der Waals surface area contributed by atoms with Gasteiger partial charge in [0.2, 0.25) is 0 Å². The summed E-state index contributed by atoms with van der Waals surface area (Å²) >= 11 is 0. The molecule has 1 aromatic rings. The average Bonchev–Trinajstić information content (AvgIpc) is 2.72. The summed E-state index contributed by atoms with van der Waals surface area (Å²) < 4.78 is 0. The van der Waals surface area contributed by atoms with Crippen LogP contribution in [0, 0.1) is 6.07 Å². The minimum absolute atomic E-state index is 1.24. The van der Waals surface area contributed by atoms with Crippen LogP contribution in [-0.2, 0) is 12.8 Å². The van der Waals surface area contributed by atoms with Crippen LogP contribution >= 0.6 is 0 Å². The lowest BCUT2D eigenvalue weighted by molar-refractivity contribution is 0.561. The molecule has 0 saturated carbocycles. The maximum atomic E-state index is 3.54. The van der Waals surface area contributed by atoms with Crippen LogP contribution in [0.5, 0.6) is 0 Å². The first kappa shape index (κ1) is 25.3. The largest absolute Gasteiger partial charge is 0.0654 e. The van der Waals surface area contributed by atoms with E-state index in [4.69, 9.17) is 0 Å². The van der Waals surface area contributed by atoms with E-state index in [0.717, 1.165) is 0 Å². The van der Waals surface area contributed by atoms with Crippen molar-refractivity contribution >= 4 is 0 Å². The lowest BCUT2D eigenvalue weighted by atomic mass is 9.96. The molecule has 0 heterocycles. The molecule has 1 rings (SSSR count).